The van der Waals surface area contributed by atoms with Crippen LogP contribution in [0.25, 0.3) is 0 Å². The summed E-state index contributed by atoms with van der Waals surface area (Å²) in [6, 6.07) is 0. The number of unbranched alkanes of at least 4 members (excludes halogenated alkanes) is 11. The van der Waals surface area contributed by atoms with Gasteiger partial charge in [-0.25, -0.2) is 0 Å². The Bertz CT molecular complexity index is 374. The molecule has 166 valence electrons. The summed E-state index contributed by atoms with van der Waals surface area (Å²) < 4.78 is 4.57. The lowest BCUT2D eigenvalue weighted by molar-refractivity contribution is -0.140. The maximum atomic E-state index is 10.8. The summed E-state index contributed by atoms with van der Waals surface area (Å²) in [5.74, 6) is -0.0858. The first-order valence-electron chi connectivity index (χ1n) is 11.4. The molecule has 0 aliphatic rings. The second-order valence-corrected chi connectivity index (χ2v) is 8.06. The molecule has 28 heavy (non-hydrogen) atoms. The lowest BCUT2D eigenvalue weighted by Crippen LogP contribution is -1.99. The fourth-order valence-corrected chi connectivity index (χ4v) is 2.93. The molecule has 0 saturated carbocycles. The van der Waals surface area contributed by atoms with Gasteiger partial charge >= 0.3 is 5.97 Å². The Kier molecular flexibility index (Phi) is 24.9. The van der Waals surface area contributed by atoms with Crippen molar-refractivity contribution in [2.24, 2.45) is 0 Å². The Balaban J connectivity index is 0. The highest BCUT2D eigenvalue weighted by molar-refractivity contribution is 5.68. The molecular weight excluding hydrogens is 348 g/mol. The van der Waals surface area contributed by atoms with Gasteiger partial charge < -0.3 is 9.84 Å². The Morgan fingerprint density at radius 3 is 1.29 bits per heavy atom. The summed E-state index contributed by atoms with van der Waals surface area (Å²) in [6.07, 6.45) is 18.8. The molecule has 0 heterocycles. The minimum absolute atomic E-state index is 0.0858. The molecule has 0 aromatic carbocycles. The number of hydrogen-bond donors (Lipinski definition) is 1. The SMILES string of the molecule is C=C(C)CCCCCCCCC(=O)OC.C=C(C)CCCCCCCCCO. The molecule has 0 bridgehead atoms. The number of methoxy groups -OCH3 is 1. The Labute approximate surface area is 175 Å². The Hall–Kier alpha value is -1.09. The molecule has 0 spiro atoms. The Morgan fingerprint density at radius 1 is 0.643 bits per heavy atom. The minimum atomic E-state index is -0.0858. The van der Waals surface area contributed by atoms with E-state index in [0.29, 0.717) is 13.0 Å². The molecule has 0 rings (SSSR count). The van der Waals surface area contributed by atoms with Gasteiger partial charge in [0.05, 0.1) is 7.11 Å². The van der Waals surface area contributed by atoms with Crippen LogP contribution in [0, 0.1) is 0 Å². The summed E-state index contributed by atoms with van der Waals surface area (Å²) >= 11 is 0. The van der Waals surface area contributed by atoms with Crippen molar-refractivity contribution in [1.82, 2.24) is 0 Å². The number of aliphatic hydroxyl groups excluding tert-OH is 1. The zero-order chi connectivity index (χ0) is 21.5. The maximum Gasteiger partial charge on any atom is 0.305 e. The van der Waals surface area contributed by atoms with Crippen molar-refractivity contribution >= 4 is 5.97 Å². The quantitative estimate of drug-likeness (QED) is 0.148. The fourth-order valence-electron chi connectivity index (χ4n) is 2.93. The Morgan fingerprint density at radius 2 is 0.964 bits per heavy atom. The van der Waals surface area contributed by atoms with E-state index in [1.807, 2.05) is 0 Å². The van der Waals surface area contributed by atoms with Crippen molar-refractivity contribution in [2.45, 2.75) is 117 Å². The van der Waals surface area contributed by atoms with E-state index in [4.69, 9.17) is 5.11 Å². The van der Waals surface area contributed by atoms with Gasteiger partial charge in [0.15, 0.2) is 0 Å². The highest BCUT2D eigenvalue weighted by atomic mass is 16.5. The van der Waals surface area contributed by atoms with Crippen LogP contribution >= 0.6 is 0 Å². The van der Waals surface area contributed by atoms with Crippen molar-refractivity contribution in [1.29, 1.82) is 0 Å². The number of allylic oxidation sites excluding steroid dienone is 2. The second kappa shape index (κ2) is 23.9. The maximum absolute atomic E-state index is 10.8. The normalized spacial score (nSPS) is 10.1. The average Bonchev–Trinajstić information content (AvgIpc) is 2.65. The predicted molar refractivity (Wildman–Crippen MR) is 123 cm³/mol. The van der Waals surface area contributed by atoms with E-state index in [-0.39, 0.29) is 5.97 Å². The number of aliphatic hydroxyl groups is 1. The zero-order valence-corrected chi connectivity index (χ0v) is 19.2. The molecule has 0 atom stereocenters. The third kappa shape index (κ3) is 29.7. The van der Waals surface area contributed by atoms with Crippen molar-refractivity contribution in [2.75, 3.05) is 13.7 Å². The summed E-state index contributed by atoms with van der Waals surface area (Å²) in [5, 5.41) is 8.56. The fraction of sp³-hybridized carbons (Fsp3) is 0.800. The molecule has 0 radical (unpaired) electrons. The van der Waals surface area contributed by atoms with E-state index >= 15 is 0 Å². The van der Waals surface area contributed by atoms with Gasteiger partial charge in [0.25, 0.3) is 0 Å². The molecule has 3 heteroatoms. The number of ether oxygens (including phenoxy) is 1. The molecule has 3 nitrogen and oxygen atoms in total. The van der Waals surface area contributed by atoms with Gasteiger partial charge in [0, 0.05) is 13.0 Å². The topological polar surface area (TPSA) is 46.5 Å². The summed E-state index contributed by atoms with van der Waals surface area (Å²) in [6.45, 7) is 12.3. The molecule has 0 aliphatic carbocycles. The molecule has 0 aromatic rings. The monoisotopic (exact) mass is 396 g/mol. The van der Waals surface area contributed by atoms with Crippen LogP contribution in [0.5, 0.6) is 0 Å². The van der Waals surface area contributed by atoms with Crippen LogP contribution in [0.15, 0.2) is 24.3 Å². The smallest absolute Gasteiger partial charge is 0.305 e. The summed E-state index contributed by atoms with van der Waals surface area (Å²) in [4.78, 5) is 10.8. The lowest BCUT2D eigenvalue weighted by Gasteiger charge is -2.01. The van der Waals surface area contributed by atoms with Crippen molar-refractivity contribution in [3.8, 4) is 0 Å². The van der Waals surface area contributed by atoms with Gasteiger partial charge in [0.1, 0.15) is 0 Å². The number of carbonyl (C=O) groups excluding carboxylic acids is 1. The van der Waals surface area contributed by atoms with E-state index in [9.17, 15) is 4.79 Å². The van der Waals surface area contributed by atoms with Crippen LogP contribution in [-0.2, 0) is 9.53 Å². The van der Waals surface area contributed by atoms with Crippen molar-refractivity contribution < 1.29 is 14.6 Å². The van der Waals surface area contributed by atoms with Crippen LogP contribution in [0.4, 0.5) is 0 Å². The van der Waals surface area contributed by atoms with Gasteiger partial charge in [0.2, 0.25) is 0 Å². The molecular formula is C25H48O3. The highest BCUT2D eigenvalue weighted by Crippen LogP contribution is 2.11. The molecule has 0 fully saturated rings. The van der Waals surface area contributed by atoms with Gasteiger partial charge in [-0.2, -0.15) is 0 Å². The predicted octanol–water partition coefficient (Wildman–Crippen LogP) is 7.53. The van der Waals surface area contributed by atoms with Crippen LogP contribution in [-0.4, -0.2) is 24.8 Å². The zero-order valence-electron chi connectivity index (χ0n) is 19.2. The molecule has 0 unspecified atom stereocenters. The average molecular weight is 397 g/mol. The van der Waals surface area contributed by atoms with Gasteiger partial charge in [-0.1, -0.05) is 68.9 Å². The van der Waals surface area contributed by atoms with Gasteiger partial charge in [-0.3, -0.25) is 4.79 Å². The number of rotatable bonds is 18. The third-order valence-electron chi connectivity index (χ3n) is 4.72. The van der Waals surface area contributed by atoms with E-state index in [0.717, 1.165) is 25.7 Å². The van der Waals surface area contributed by atoms with Crippen molar-refractivity contribution in [3.05, 3.63) is 24.3 Å². The van der Waals surface area contributed by atoms with Gasteiger partial charge in [-0.05, 0) is 52.4 Å². The third-order valence-corrected chi connectivity index (χ3v) is 4.72. The van der Waals surface area contributed by atoms with Crippen LogP contribution < -0.4 is 0 Å². The standard InChI is InChI=1S/C13H24O2.C12H24O/c1-12(2)10-8-6-4-5-7-9-11-13(14)15-3;1-12(2)10-8-6-4-3-5-7-9-11-13/h1,4-11H2,2-3H3;13H,1,3-11H2,2H3. The molecule has 0 saturated heterocycles. The first-order chi connectivity index (χ1) is 13.4. The largest absolute Gasteiger partial charge is 0.469 e. The summed E-state index contributed by atoms with van der Waals surface area (Å²) in [5.41, 5.74) is 2.58. The summed E-state index contributed by atoms with van der Waals surface area (Å²) in [7, 11) is 1.44. The minimum Gasteiger partial charge on any atom is -0.469 e. The highest BCUT2D eigenvalue weighted by Gasteiger charge is 1.99. The number of esters is 1. The first kappa shape index (κ1) is 29.1. The second-order valence-electron chi connectivity index (χ2n) is 8.06. The van der Waals surface area contributed by atoms with E-state index in [2.05, 4.69) is 31.7 Å². The molecule has 0 aromatic heterocycles. The lowest BCUT2D eigenvalue weighted by atomic mass is 10.1. The van der Waals surface area contributed by atoms with Crippen LogP contribution in [0.3, 0.4) is 0 Å². The first-order valence-corrected chi connectivity index (χ1v) is 11.4. The number of carbonyl (C=O) groups is 1. The van der Waals surface area contributed by atoms with E-state index < -0.39 is 0 Å². The van der Waals surface area contributed by atoms with Crippen LogP contribution in [0.2, 0.25) is 0 Å². The number of hydrogen-bond acceptors (Lipinski definition) is 3. The molecule has 0 amide bonds. The van der Waals surface area contributed by atoms with E-state index in [1.165, 1.54) is 88.9 Å². The van der Waals surface area contributed by atoms with Crippen molar-refractivity contribution in [3.63, 3.8) is 0 Å². The van der Waals surface area contributed by atoms with Gasteiger partial charge in [-0.15, -0.1) is 13.2 Å². The molecule has 0 aliphatic heterocycles. The van der Waals surface area contributed by atoms with E-state index in [1.54, 1.807) is 0 Å². The molecule has 1 N–H and O–H groups in total. The van der Waals surface area contributed by atoms with Crippen LogP contribution in [0.1, 0.15) is 117 Å².